The van der Waals surface area contributed by atoms with Crippen molar-refractivity contribution in [2.24, 2.45) is 0 Å². The van der Waals surface area contributed by atoms with Crippen molar-refractivity contribution in [3.8, 4) is 0 Å². The fourth-order valence-electron chi connectivity index (χ4n) is 1.89. The Morgan fingerprint density at radius 1 is 1.21 bits per heavy atom. The zero-order valence-electron chi connectivity index (χ0n) is 9.87. The molecule has 2 aromatic heterocycles. The lowest BCUT2D eigenvalue weighted by atomic mass is 10.2. The molecule has 0 spiro atoms. The van der Waals surface area contributed by atoms with E-state index in [1.165, 1.54) is 11.3 Å². The predicted molar refractivity (Wildman–Crippen MR) is 76.0 cm³/mol. The number of para-hydroxylation sites is 1. The monoisotopic (exact) mass is 270 g/mol. The van der Waals surface area contributed by atoms with Crippen molar-refractivity contribution in [2.75, 3.05) is 0 Å². The number of fused-ring (bicyclic) bond motifs is 1. The van der Waals surface area contributed by atoms with E-state index in [4.69, 9.17) is 4.42 Å². The molecular weight excluding hydrogens is 260 g/mol. The highest BCUT2D eigenvalue weighted by Crippen LogP contribution is 2.26. The third-order valence-electron chi connectivity index (χ3n) is 2.75. The number of benzene rings is 1. The van der Waals surface area contributed by atoms with Crippen LogP contribution in [-0.2, 0) is 4.79 Å². The predicted octanol–water partition coefficient (Wildman–Crippen LogP) is 4.12. The Bertz CT molecular complexity index is 718. The van der Waals surface area contributed by atoms with Crippen molar-refractivity contribution in [2.45, 2.75) is 0 Å². The number of carboxylic acids is 1. The molecule has 1 N–H and O–H groups in total. The molecule has 0 radical (unpaired) electrons. The van der Waals surface area contributed by atoms with Crippen LogP contribution in [0.4, 0.5) is 0 Å². The van der Waals surface area contributed by atoms with Crippen LogP contribution in [0, 0.1) is 0 Å². The zero-order chi connectivity index (χ0) is 13.2. The molecule has 0 aliphatic rings. The number of hydrogen-bond acceptors (Lipinski definition) is 3. The van der Waals surface area contributed by atoms with Gasteiger partial charge in [-0.25, -0.2) is 4.79 Å². The molecule has 4 heteroatoms. The van der Waals surface area contributed by atoms with Crippen molar-refractivity contribution in [3.63, 3.8) is 0 Å². The maximum Gasteiger partial charge on any atom is 0.337 e. The third-order valence-corrected chi connectivity index (χ3v) is 3.65. The van der Waals surface area contributed by atoms with Crippen LogP contribution in [0.1, 0.15) is 10.6 Å². The van der Waals surface area contributed by atoms with E-state index in [0.717, 1.165) is 11.0 Å². The molecule has 2 heterocycles. The van der Waals surface area contributed by atoms with Crippen LogP contribution in [0.15, 0.2) is 52.3 Å². The summed E-state index contributed by atoms with van der Waals surface area (Å²) in [6.45, 7) is 0. The number of carbonyl (C=O) groups is 1. The molecule has 1 aromatic carbocycles. The first kappa shape index (κ1) is 11.7. The van der Waals surface area contributed by atoms with Gasteiger partial charge in [0.25, 0.3) is 0 Å². The minimum absolute atomic E-state index is 0.244. The molecule has 0 atom stereocenters. The van der Waals surface area contributed by atoms with Crippen LogP contribution < -0.4 is 0 Å². The minimum atomic E-state index is -0.956. The first-order valence-corrected chi connectivity index (χ1v) is 6.59. The summed E-state index contributed by atoms with van der Waals surface area (Å²) in [5.74, 6) is -0.407. The van der Waals surface area contributed by atoms with Gasteiger partial charge < -0.3 is 9.52 Å². The second-order valence-corrected chi connectivity index (χ2v) is 4.97. The van der Waals surface area contributed by atoms with Crippen LogP contribution in [0.25, 0.3) is 22.6 Å². The number of hydrogen-bond donors (Lipinski definition) is 1. The van der Waals surface area contributed by atoms with Gasteiger partial charge in [0, 0.05) is 10.3 Å². The van der Waals surface area contributed by atoms with Gasteiger partial charge in [-0.2, -0.15) is 0 Å². The van der Waals surface area contributed by atoms with Crippen LogP contribution in [0.2, 0.25) is 0 Å². The smallest absolute Gasteiger partial charge is 0.337 e. The summed E-state index contributed by atoms with van der Waals surface area (Å²) in [4.78, 5) is 12.0. The number of aliphatic carboxylic acids is 1. The largest absolute Gasteiger partial charge is 0.478 e. The number of furan rings is 1. The van der Waals surface area contributed by atoms with Crippen LogP contribution in [0.5, 0.6) is 0 Å². The Hall–Kier alpha value is -2.33. The average Bonchev–Trinajstić information content (AvgIpc) is 3.04. The zero-order valence-corrected chi connectivity index (χ0v) is 10.7. The summed E-state index contributed by atoms with van der Waals surface area (Å²) in [7, 11) is 0. The summed E-state index contributed by atoms with van der Waals surface area (Å²) >= 11 is 1.39. The number of rotatable bonds is 3. The summed E-state index contributed by atoms with van der Waals surface area (Å²) in [5.41, 5.74) is 0.999. The molecule has 19 heavy (non-hydrogen) atoms. The highest BCUT2D eigenvalue weighted by atomic mass is 32.1. The quantitative estimate of drug-likeness (QED) is 0.728. The Balaban J connectivity index is 2.09. The van der Waals surface area contributed by atoms with E-state index < -0.39 is 5.97 Å². The van der Waals surface area contributed by atoms with E-state index in [2.05, 4.69) is 0 Å². The topological polar surface area (TPSA) is 50.4 Å². The van der Waals surface area contributed by atoms with Crippen LogP contribution >= 0.6 is 11.3 Å². The molecule has 0 amide bonds. The van der Waals surface area contributed by atoms with Crippen molar-refractivity contribution in [3.05, 3.63) is 58.5 Å². The van der Waals surface area contributed by atoms with Gasteiger partial charge in [-0.05, 0) is 29.7 Å². The van der Waals surface area contributed by atoms with E-state index in [1.54, 1.807) is 12.1 Å². The Morgan fingerprint density at radius 3 is 2.74 bits per heavy atom. The molecule has 0 bridgehead atoms. The van der Waals surface area contributed by atoms with Gasteiger partial charge in [0.1, 0.15) is 11.3 Å². The van der Waals surface area contributed by atoms with Gasteiger partial charge >= 0.3 is 5.97 Å². The molecule has 0 unspecified atom stereocenters. The molecule has 94 valence electrons. The van der Waals surface area contributed by atoms with Crippen LogP contribution in [0.3, 0.4) is 0 Å². The normalized spacial score (nSPS) is 11.9. The fourth-order valence-corrected chi connectivity index (χ4v) is 2.62. The lowest BCUT2D eigenvalue weighted by Gasteiger charge is -1.96. The van der Waals surface area contributed by atoms with Crippen LogP contribution in [-0.4, -0.2) is 11.1 Å². The maximum absolute atomic E-state index is 11.3. The highest BCUT2D eigenvalue weighted by Gasteiger charge is 2.12. The van der Waals surface area contributed by atoms with Gasteiger partial charge in [0.2, 0.25) is 0 Å². The standard InChI is InChI=1S/C15H10O3S/c16-15(17)12(14-6-3-7-19-14)9-11-8-10-4-1-2-5-13(10)18-11/h1-9H,(H,16,17). The summed E-state index contributed by atoms with van der Waals surface area (Å²) in [5, 5.41) is 12.1. The summed E-state index contributed by atoms with van der Waals surface area (Å²) < 4.78 is 5.61. The average molecular weight is 270 g/mol. The van der Waals surface area contributed by atoms with E-state index >= 15 is 0 Å². The van der Waals surface area contributed by atoms with E-state index in [0.29, 0.717) is 10.6 Å². The molecule has 3 rings (SSSR count). The highest BCUT2D eigenvalue weighted by molar-refractivity contribution is 7.11. The fraction of sp³-hybridized carbons (Fsp3) is 0. The summed E-state index contributed by atoms with van der Waals surface area (Å²) in [6.07, 6.45) is 1.56. The molecule has 3 aromatic rings. The first-order chi connectivity index (χ1) is 9.24. The van der Waals surface area contributed by atoms with Crippen molar-refractivity contribution < 1.29 is 14.3 Å². The van der Waals surface area contributed by atoms with Gasteiger partial charge in [0.15, 0.2) is 0 Å². The van der Waals surface area contributed by atoms with E-state index in [1.807, 2.05) is 41.8 Å². The molecular formula is C15H10O3S. The number of thiophene rings is 1. The lowest BCUT2D eigenvalue weighted by Crippen LogP contribution is -1.97. The lowest BCUT2D eigenvalue weighted by molar-refractivity contribution is -0.130. The molecule has 0 aliphatic carbocycles. The summed E-state index contributed by atoms with van der Waals surface area (Å²) in [6, 6.07) is 13.0. The first-order valence-electron chi connectivity index (χ1n) is 5.71. The van der Waals surface area contributed by atoms with E-state index in [-0.39, 0.29) is 5.57 Å². The Kier molecular flexibility index (Phi) is 2.93. The van der Waals surface area contributed by atoms with Gasteiger partial charge in [0.05, 0.1) is 5.57 Å². The second kappa shape index (κ2) is 4.74. The Labute approximate surface area is 113 Å². The molecule has 3 nitrogen and oxygen atoms in total. The molecule has 0 saturated carbocycles. The Morgan fingerprint density at radius 2 is 2.05 bits per heavy atom. The minimum Gasteiger partial charge on any atom is -0.478 e. The molecule has 0 fully saturated rings. The van der Waals surface area contributed by atoms with Gasteiger partial charge in [-0.15, -0.1) is 11.3 Å². The maximum atomic E-state index is 11.3. The molecule has 0 saturated heterocycles. The van der Waals surface area contributed by atoms with Crippen molar-refractivity contribution in [1.29, 1.82) is 0 Å². The van der Waals surface area contributed by atoms with E-state index in [9.17, 15) is 9.90 Å². The second-order valence-electron chi connectivity index (χ2n) is 4.03. The van der Waals surface area contributed by atoms with Crippen molar-refractivity contribution >= 4 is 39.9 Å². The van der Waals surface area contributed by atoms with Crippen molar-refractivity contribution in [1.82, 2.24) is 0 Å². The number of carboxylic acid groups (broad SMARTS) is 1. The van der Waals surface area contributed by atoms with Gasteiger partial charge in [-0.3, -0.25) is 0 Å². The third kappa shape index (κ3) is 2.30. The SMILES string of the molecule is O=C(O)C(=Cc1cc2ccccc2o1)c1cccs1. The molecule has 0 aliphatic heterocycles. The van der Waals surface area contributed by atoms with Gasteiger partial charge in [-0.1, -0.05) is 24.3 Å².